The number of imidazole rings is 1. The summed E-state index contributed by atoms with van der Waals surface area (Å²) in [5.41, 5.74) is 8.78. The largest absolute Gasteiger partial charge is 0.508 e. The van der Waals surface area contributed by atoms with Crippen LogP contribution in [0.5, 0.6) is 5.75 Å². The summed E-state index contributed by atoms with van der Waals surface area (Å²) in [5.74, 6) is 1.29. The Hall–Kier alpha value is -2.75. The monoisotopic (exact) mass is 279 g/mol. The average molecular weight is 279 g/mol. The lowest BCUT2D eigenvalue weighted by Crippen LogP contribution is -2.05. The molecule has 0 amide bonds. The van der Waals surface area contributed by atoms with Crippen LogP contribution in [0, 0.1) is 0 Å². The molecule has 0 aliphatic carbocycles. The summed E-state index contributed by atoms with van der Waals surface area (Å²) in [6.45, 7) is 0.741. The normalized spacial score (nSPS) is 10.7. The van der Waals surface area contributed by atoms with Crippen molar-refractivity contribution in [1.82, 2.24) is 9.55 Å². The first-order valence-electron chi connectivity index (χ1n) is 6.83. The minimum absolute atomic E-state index is 0.284. The maximum Gasteiger partial charge on any atom is 0.115 e. The van der Waals surface area contributed by atoms with Crippen molar-refractivity contribution in [2.75, 3.05) is 5.73 Å². The fourth-order valence-corrected chi connectivity index (χ4v) is 2.27. The molecule has 1 heterocycles. The predicted octanol–water partition coefficient (Wildman–Crippen LogP) is 2.81. The van der Waals surface area contributed by atoms with Gasteiger partial charge in [-0.3, -0.25) is 0 Å². The molecule has 3 aromatic rings. The van der Waals surface area contributed by atoms with E-state index in [2.05, 4.69) is 9.55 Å². The van der Waals surface area contributed by atoms with Crippen molar-refractivity contribution in [3.63, 3.8) is 0 Å². The quantitative estimate of drug-likeness (QED) is 0.722. The van der Waals surface area contributed by atoms with Crippen molar-refractivity contribution in [2.24, 2.45) is 0 Å². The second-order valence-corrected chi connectivity index (χ2v) is 5.06. The van der Waals surface area contributed by atoms with Gasteiger partial charge in [-0.2, -0.15) is 0 Å². The van der Waals surface area contributed by atoms with E-state index in [0.717, 1.165) is 30.0 Å². The van der Waals surface area contributed by atoms with Gasteiger partial charge >= 0.3 is 0 Å². The van der Waals surface area contributed by atoms with Gasteiger partial charge in [-0.15, -0.1) is 0 Å². The van der Waals surface area contributed by atoms with Crippen LogP contribution in [0.3, 0.4) is 0 Å². The zero-order chi connectivity index (χ0) is 14.7. The highest BCUT2D eigenvalue weighted by molar-refractivity contribution is 5.40. The van der Waals surface area contributed by atoms with Gasteiger partial charge in [0.1, 0.15) is 11.6 Å². The van der Waals surface area contributed by atoms with Crippen LogP contribution in [0.1, 0.15) is 17.0 Å². The Labute approximate surface area is 123 Å². The van der Waals surface area contributed by atoms with Gasteiger partial charge < -0.3 is 15.4 Å². The van der Waals surface area contributed by atoms with E-state index in [1.54, 1.807) is 12.1 Å². The average Bonchev–Trinajstić information content (AvgIpc) is 2.91. The summed E-state index contributed by atoms with van der Waals surface area (Å²) >= 11 is 0. The molecule has 0 aliphatic rings. The van der Waals surface area contributed by atoms with Gasteiger partial charge in [0.2, 0.25) is 0 Å². The topological polar surface area (TPSA) is 64.1 Å². The SMILES string of the molecule is Nc1ccc(Cc2nccn2Cc2ccc(O)cc2)cc1. The van der Waals surface area contributed by atoms with Crippen LogP contribution < -0.4 is 5.73 Å². The van der Waals surface area contributed by atoms with Crippen molar-refractivity contribution in [3.05, 3.63) is 77.9 Å². The number of hydrogen-bond acceptors (Lipinski definition) is 3. The molecule has 3 N–H and O–H groups in total. The van der Waals surface area contributed by atoms with Crippen LogP contribution in [0.15, 0.2) is 60.9 Å². The van der Waals surface area contributed by atoms with Crippen molar-refractivity contribution in [3.8, 4) is 5.75 Å². The Bertz CT molecular complexity index is 653. The second-order valence-electron chi connectivity index (χ2n) is 5.06. The molecule has 0 saturated carbocycles. The Morgan fingerprint density at radius 2 is 1.62 bits per heavy atom. The third kappa shape index (κ3) is 3.23. The van der Waals surface area contributed by atoms with Crippen molar-refractivity contribution < 1.29 is 5.11 Å². The molecular weight excluding hydrogens is 262 g/mol. The number of aromatic nitrogens is 2. The number of rotatable bonds is 4. The van der Waals surface area contributed by atoms with Gasteiger partial charge in [0.15, 0.2) is 0 Å². The first-order valence-corrected chi connectivity index (χ1v) is 6.83. The Morgan fingerprint density at radius 3 is 2.33 bits per heavy atom. The van der Waals surface area contributed by atoms with Crippen molar-refractivity contribution in [1.29, 1.82) is 0 Å². The van der Waals surface area contributed by atoms with Crippen LogP contribution in [0.25, 0.3) is 0 Å². The van der Waals surface area contributed by atoms with Crippen LogP contribution in [0.2, 0.25) is 0 Å². The van der Waals surface area contributed by atoms with E-state index >= 15 is 0 Å². The van der Waals surface area contributed by atoms with Gasteiger partial charge in [-0.05, 0) is 35.4 Å². The first-order chi connectivity index (χ1) is 10.2. The molecule has 21 heavy (non-hydrogen) atoms. The lowest BCUT2D eigenvalue weighted by Gasteiger charge is -2.08. The number of aromatic hydroxyl groups is 1. The number of nitrogen functional groups attached to an aromatic ring is 1. The van der Waals surface area contributed by atoms with E-state index in [9.17, 15) is 5.11 Å². The van der Waals surface area contributed by atoms with E-state index in [0.29, 0.717) is 0 Å². The summed E-state index contributed by atoms with van der Waals surface area (Å²) in [4.78, 5) is 4.43. The third-order valence-electron chi connectivity index (χ3n) is 3.43. The zero-order valence-electron chi connectivity index (χ0n) is 11.6. The van der Waals surface area contributed by atoms with Crippen molar-refractivity contribution in [2.45, 2.75) is 13.0 Å². The summed E-state index contributed by atoms with van der Waals surface area (Å²) in [5, 5.41) is 9.33. The molecule has 0 unspecified atom stereocenters. The van der Waals surface area contributed by atoms with E-state index in [-0.39, 0.29) is 5.75 Å². The molecule has 1 aromatic heterocycles. The Balaban J connectivity index is 1.77. The number of hydrogen-bond donors (Lipinski definition) is 2. The fraction of sp³-hybridized carbons (Fsp3) is 0.118. The lowest BCUT2D eigenvalue weighted by molar-refractivity contribution is 0.475. The summed E-state index contributed by atoms with van der Waals surface area (Å²) < 4.78 is 2.11. The van der Waals surface area contributed by atoms with Crippen molar-refractivity contribution >= 4 is 5.69 Å². The van der Waals surface area contributed by atoms with E-state index < -0.39 is 0 Å². The summed E-state index contributed by atoms with van der Waals surface area (Å²) in [6, 6.07) is 15.1. The minimum Gasteiger partial charge on any atom is -0.508 e. The highest BCUT2D eigenvalue weighted by Gasteiger charge is 2.05. The lowest BCUT2D eigenvalue weighted by atomic mass is 10.1. The Morgan fingerprint density at radius 1 is 0.952 bits per heavy atom. The van der Waals surface area contributed by atoms with Gasteiger partial charge in [0, 0.05) is 31.0 Å². The van der Waals surface area contributed by atoms with Crippen LogP contribution in [0.4, 0.5) is 5.69 Å². The van der Waals surface area contributed by atoms with E-state index in [4.69, 9.17) is 5.73 Å². The molecule has 0 bridgehead atoms. The maximum absolute atomic E-state index is 9.33. The number of phenolic OH excluding ortho intramolecular Hbond substituents is 1. The van der Waals surface area contributed by atoms with Gasteiger partial charge in [0.05, 0.1) is 0 Å². The van der Waals surface area contributed by atoms with Gasteiger partial charge in [-0.25, -0.2) is 4.98 Å². The molecule has 4 nitrogen and oxygen atoms in total. The molecule has 0 fully saturated rings. The number of nitrogens with zero attached hydrogens (tertiary/aromatic N) is 2. The third-order valence-corrected chi connectivity index (χ3v) is 3.43. The number of benzene rings is 2. The molecular formula is C17H17N3O. The predicted molar refractivity (Wildman–Crippen MR) is 83.1 cm³/mol. The summed E-state index contributed by atoms with van der Waals surface area (Å²) in [7, 11) is 0. The Kier molecular flexibility index (Phi) is 3.60. The van der Waals surface area contributed by atoms with Crippen LogP contribution >= 0.6 is 0 Å². The van der Waals surface area contributed by atoms with Gasteiger partial charge in [0.25, 0.3) is 0 Å². The van der Waals surface area contributed by atoms with Gasteiger partial charge in [-0.1, -0.05) is 24.3 Å². The minimum atomic E-state index is 0.284. The highest BCUT2D eigenvalue weighted by Crippen LogP contribution is 2.14. The molecule has 0 radical (unpaired) electrons. The zero-order valence-corrected chi connectivity index (χ0v) is 11.6. The molecule has 3 rings (SSSR count). The van der Waals surface area contributed by atoms with Crippen LogP contribution in [-0.2, 0) is 13.0 Å². The first kappa shape index (κ1) is 13.2. The molecule has 0 atom stereocenters. The summed E-state index contributed by atoms with van der Waals surface area (Å²) in [6.07, 6.45) is 4.55. The fourth-order valence-electron chi connectivity index (χ4n) is 2.27. The molecule has 0 aliphatic heterocycles. The molecule has 0 spiro atoms. The molecule has 0 saturated heterocycles. The molecule has 106 valence electrons. The van der Waals surface area contributed by atoms with Crippen LogP contribution in [-0.4, -0.2) is 14.7 Å². The molecule has 2 aromatic carbocycles. The van der Waals surface area contributed by atoms with E-state index in [1.165, 1.54) is 5.56 Å². The smallest absolute Gasteiger partial charge is 0.115 e. The number of nitrogens with two attached hydrogens (primary N) is 1. The highest BCUT2D eigenvalue weighted by atomic mass is 16.3. The number of anilines is 1. The number of phenols is 1. The maximum atomic E-state index is 9.33. The standard InChI is InChI=1S/C17H17N3O/c18-15-5-1-13(2-6-15)11-17-19-9-10-20(17)12-14-3-7-16(21)8-4-14/h1-10,21H,11-12,18H2. The second kappa shape index (κ2) is 5.71. The van der Waals surface area contributed by atoms with E-state index in [1.807, 2.05) is 48.8 Å². The molecule has 4 heteroatoms.